The van der Waals surface area contributed by atoms with Crippen molar-refractivity contribution < 1.29 is 14.3 Å². The molecule has 1 heterocycles. The number of carbonyl (C=O) groups is 2. The van der Waals surface area contributed by atoms with Gasteiger partial charge in [0.1, 0.15) is 6.42 Å². The maximum atomic E-state index is 11.6. The Morgan fingerprint density at radius 1 is 1.43 bits per heavy atom. The first kappa shape index (κ1) is 10.4. The van der Waals surface area contributed by atoms with Gasteiger partial charge in [-0.05, 0) is 13.8 Å². The van der Waals surface area contributed by atoms with Crippen LogP contribution in [0.3, 0.4) is 0 Å². The Kier molecular flexibility index (Phi) is 3.01. The van der Waals surface area contributed by atoms with Crippen LogP contribution in [0.2, 0.25) is 0 Å². The molecule has 5 nitrogen and oxygen atoms in total. The number of esters is 1. The Morgan fingerprint density at radius 3 is 2.50 bits per heavy atom. The number of nitrogens with one attached hydrogen (secondary N) is 1. The molecule has 1 rings (SSSR count). The lowest BCUT2D eigenvalue weighted by atomic mass is 10.1. The minimum atomic E-state index is -0.532. The lowest BCUT2D eigenvalue weighted by Gasteiger charge is -1.99. The molecule has 0 aromatic carbocycles. The Bertz CT molecular complexity index is 349. The smallest absolute Gasteiger partial charge is 0.313 e. The van der Waals surface area contributed by atoms with Crippen molar-refractivity contribution in [2.75, 3.05) is 7.11 Å². The zero-order valence-electron chi connectivity index (χ0n) is 8.38. The van der Waals surface area contributed by atoms with E-state index in [0.717, 1.165) is 0 Å². The normalized spacial score (nSPS) is 9.93. The first-order valence-electron chi connectivity index (χ1n) is 4.17. The third kappa shape index (κ3) is 1.99. The highest BCUT2D eigenvalue weighted by atomic mass is 16.5. The summed E-state index contributed by atoms with van der Waals surface area (Å²) < 4.78 is 4.41. The molecule has 1 aromatic rings. The predicted octanol–water partition coefficient (Wildman–Crippen LogP) is 0.772. The van der Waals surface area contributed by atoms with E-state index in [9.17, 15) is 9.59 Å². The number of methoxy groups -OCH3 is 1. The fourth-order valence-corrected chi connectivity index (χ4v) is 1.25. The topological polar surface area (TPSA) is 72.1 Å². The third-order valence-electron chi connectivity index (χ3n) is 1.94. The van der Waals surface area contributed by atoms with E-state index < -0.39 is 5.97 Å². The van der Waals surface area contributed by atoms with Gasteiger partial charge in [-0.3, -0.25) is 14.7 Å². The first-order chi connectivity index (χ1) is 6.56. The van der Waals surface area contributed by atoms with Gasteiger partial charge < -0.3 is 4.74 Å². The third-order valence-corrected chi connectivity index (χ3v) is 1.94. The van der Waals surface area contributed by atoms with Crippen LogP contribution in [0.15, 0.2) is 0 Å². The molecule has 1 aromatic heterocycles. The monoisotopic (exact) mass is 196 g/mol. The molecule has 76 valence electrons. The summed E-state index contributed by atoms with van der Waals surface area (Å²) in [5.41, 5.74) is 1.77. The molecule has 0 bridgehead atoms. The van der Waals surface area contributed by atoms with Crippen molar-refractivity contribution in [2.45, 2.75) is 20.3 Å². The minimum Gasteiger partial charge on any atom is -0.469 e. The maximum absolute atomic E-state index is 11.6. The van der Waals surface area contributed by atoms with Crippen LogP contribution < -0.4 is 0 Å². The van der Waals surface area contributed by atoms with E-state index in [0.29, 0.717) is 17.0 Å². The standard InChI is InChI=1S/C9H12N2O3/c1-5-9(6(2)11-10-5)7(12)4-8(13)14-3/h4H2,1-3H3,(H,10,11). The first-order valence-corrected chi connectivity index (χ1v) is 4.17. The highest BCUT2D eigenvalue weighted by molar-refractivity contribution is 6.07. The van der Waals surface area contributed by atoms with Crippen LogP contribution in [0.1, 0.15) is 28.2 Å². The summed E-state index contributed by atoms with van der Waals surface area (Å²) in [4.78, 5) is 22.4. The molecule has 14 heavy (non-hydrogen) atoms. The molecule has 0 aliphatic carbocycles. The number of Topliss-reactive ketones (excluding diaryl/α,β-unsaturated/α-hetero) is 1. The SMILES string of the molecule is COC(=O)CC(=O)c1c(C)n[nH]c1C. The van der Waals surface area contributed by atoms with Gasteiger partial charge in [0.2, 0.25) is 0 Å². The quantitative estimate of drug-likeness (QED) is 0.440. The fraction of sp³-hybridized carbons (Fsp3) is 0.444. The second kappa shape index (κ2) is 4.04. The molecule has 0 fully saturated rings. The number of nitrogens with zero attached hydrogens (tertiary/aromatic N) is 1. The van der Waals surface area contributed by atoms with E-state index in [-0.39, 0.29) is 12.2 Å². The molecule has 1 N–H and O–H groups in total. The number of carbonyl (C=O) groups excluding carboxylic acids is 2. The second-order valence-corrected chi connectivity index (χ2v) is 2.99. The van der Waals surface area contributed by atoms with Crippen molar-refractivity contribution in [1.29, 1.82) is 0 Å². The Hall–Kier alpha value is -1.65. The zero-order valence-corrected chi connectivity index (χ0v) is 8.38. The van der Waals surface area contributed by atoms with Crippen LogP contribution in [0, 0.1) is 13.8 Å². The molecule has 5 heteroatoms. The molecule has 0 aliphatic heterocycles. The number of aromatic nitrogens is 2. The van der Waals surface area contributed by atoms with Crippen LogP contribution in [0.4, 0.5) is 0 Å². The van der Waals surface area contributed by atoms with Gasteiger partial charge in [0.05, 0.1) is 18.4 Å². The van der Waals surface area contributed by atoms with Crippen molar-refractivity contribution in [3.05, 3.63) is 17.0 Å². The summed E-state index contributed by atoms with van der Waals surface area (Å²) in [6.07, 6.45) is -0.238. The van der Waals surface area contributed by atoms with Crippen molar-refractivity contribution >= 4 is 11.8 Å². The van der Waals surface area contributed by atoms with Crippen LogP contribution in [-0.4, -0.2) is 29.1 Å². The highest BCUT2D eigenvalue weighted by Crippen LogP contribution is 2.12. The highest BCUT2D eigenvalue weighted by Gasteiger charge is 2.18. The van der Waals surface area contributed by atoms with Gasteiger partial charge in [0.25, 0.3) is 0 Å². The van der Waals surface area contributed by atoms with Gasteiger partial charge >= 0.3 is 5.97 Å². The van der Waals surface area contributed by atoms with Gasteiger partial charge in [0.15, 0.2) is 5.78 Å². The van der Waals surface area contributed by atoms with Gasteiger partial charge in [-0.1, -0.05) is 0 Å². The number of aromatic amines is 1. The predicted molar refractivity (Wildman–Crippen MR) is 49.0 cm³/mol. The second-order valence-electron chi connectivity index (χ2n) is 2.99. The zero-order chi connectivity index (χ0) is 10.7. The summed E-state index contributed by atoms with van der Waals surface area (Å²) in [6, 6.07) is 0. The molecule has 0 aliphatic rings. The molecule has 0 saturated carbocycles. The Morgan fingerprint density at radius 2 is 2.07 bits per heavy atom. The van der Waals surface area contributed by atoms with Crippen LogP contribution in [0.5, 0.6) is 0 Å². The van der Waals surface area contributed by atoms with Gasteiger partial charge in [-0.15, -0.1) is 0 Å². The number of hydrogen-bond acceptors (Lipinski definition) is 4. The number of rotatable bonds is 3. The average molecular weight is 196 g/mol. The number of ether oxygens (including phenoxy) is 1. The van der Waals surface area contributed by atoms with E-state index in [1.165, 1.54) is 7.11 Å². The van der Waals surface area contributed by atoms with Crippen LogP contribution in [-0.2, 0) is 9.53 Å². The van der Waals surface area contributed by atoms with Crippen molar-refractivity contribution in [2.24, 2.45) is 0 Å². The van der Waals surface area contributed by atoms with Crippen molar-refractivity contribution in [1.82, 2.24) is 10.2 Å². The molecule has 0 atom stereocenters. The van der Waals surface area contributed by atoms with Gasteiger partial charge in [-0.25, -0.2) is 0 Å². The summed E-state index contributed by atoms with van der Waals surface area (Å²) in [6.45, 7) is 3.46. The maximum Gasteiger partial charge on any atom is 0.313 e. The number of hydrogen-bond donors (Lipinski definition) is 1. The lowest BCUT2D eigenvalue weighted by Crippen LogP contribution is -2.10. The van der Waals surface area contributed by atoms with E-state index in [4.69, 9.17) is 0 Å². The molecular formula is C9H12N2O3. The van der Waals surface area contributed by atoms with Crippen molar-refractivity contribution in [3.63, 3.8) is 0 Å². The van der Waals surface area contributed by atoms with E-state index in [1.807, 2.05) is 0 Å². The molecular weight excluding hydrogens is 184 g/mol. The van der Waals surface area contributed by atoms with Gasteiger partial charge in [-0.2, -0.15) is 5.10 Å². The van der Waals surface area contributed by atoms with Crippen LogP contribution in [0.25, 0.3) is 0 Å². The average Bonchev–Trinajstić information content (AvgIpc) is 2.46. The van der Waals surface area contributed by atoms with E-state index >= 15 is 0 Å². The molecule has 0 unspecified atom stereocenters. The Labute approximate surface area is 81.5 Å². The summed E-state index contributed by atoms with van der Waals surface area (Å²) in [7, 11) is 1.25. The summed E-state index contributed by atoms with van der Waals surface area (Å²) >= 11 is 0. The summed E-state index contributed by atoms with van der Waals surface area (Å²) in [5.74, 6) is -0.796. The fourth-order valence-electron chi connectivity index (χ4n) is 1.25. The van der Waals surface area contributed by atoms with E-state index in [2.05, 4.69) is 14.9 Å². The molecule has 0 amide bonds. The molecule has 0 spiro atoms. The number of aryl methyl sites for hydroxylation is 2. The summed E-state index contributed by atoms with van der Waals surface area (Å²) in [5, 5.41) is 6.56. The molecule has 0 radical (unpaired) electrons. The van der Waals surface area contributed by atoms with Gasteiger partial charge in [0, 0.05) is 5.69 Å². The molecule has 0 saturated heterocycles. The van der Waals surface area contributed by atoms with E-state index in [1.54, 1.807) is 13.8 Å². The Balaban J connectivity index is 2.84. The largest absolute Gasteiger partial charge is 0.469 e. The van der Waals surface area contributed by atoms with Crippen LogP contribution >= 0.6 is 0 Å². The number of ketones is 1. The number of H-pyrrole nitrogens is 1. The van der Waals surface area contributed by atoms with Crippen molar-refractivity contribution in [3.8, 4) is 0 Å². The minimum absolute atomic E-state index is 0.238. The lowest BCUT2D eigenvalue weighted by molar-refractivity contribution is -0.139.